The summed E-state index contributed by atoms with van der Waals surface area (Å²) in [5.74, 6) is 0. The van der Waals surface area contributed by atoms with E-state index in [0.29, 0.717) is 0 Å². The zero-order valence-electron chi connectivity index (χ0n) is 25.1. The van der Waals surface area contributed by atoms with Crippen LogP contribution in [0, 0.1) is 0 Å². The summed E-state index contributed by atoms with van der Waals surface area (Å²) >= 11 is 1.92. The van der Waals surface area contributed by atoms with Crippen molar-refractivity contribution in [2.45, 2.75) is 10.3 Å². The van der Waals surface area contributed by atoms with Crippen LogP contribution in [0.25, 0.3) is 43.4 Å². The lowest BCUT2D eigenvalue weighted by molar-refractivity contribution is 1.14. The van der Waals surface area contributed by atoms with Gasteiger partial charge in [0.05, 0.1) is 5.69 Å². The topological polar surface area (TPSA) is 15.3 Å². The maximum Gasteiger partial charge on any atom is 0.103 e. The number of thioether (sulfide) groups is 1. The van der Waals surface area contributed by atoms with Gasteiger partial charge < -0.3 is 10.2 Å². The second-order valence-electron chi connectivity index (χ2n) is 11.8. The highest BCUT2D eigenvalue weighted by Gasteiger charge is 2.28. The first kappa shape index (κ1) is 26.9. The number of anilines is 4. The van der Waals surface area contributed by atoms with E-state index in [2.05, 4.69) is 180 Å². The van der Waals surface area contributed by atoms with Gasteiger partial charge in [-0.2, -0.15) is 0 Å². The molecule has 8 aromatic carbocycles. The van der Waals surface area contributed by atoms with Crippen LogP contribution >= 0.6 is 11.8 Å². The SMILES string of the molecule is c1ccc(-c2ccc(N(c3ccc4ccccc4c3)c3ccc4c5c(c6ccccc6c4c3)SC(c3ccccc3)N5)cc2)cc1. The summed E-state index contributed by atoms with van der Waals surface area (Å²) in [6.45, 7) is 0. The van der Waals surface area contributed by atoms with Gasteiger partial charge in [-0.05, 0) is 80.0 Å². The van der Waals surface area contributed by atoms with Crippen molar-refractivity contribution in [3.8, 4) is 11.1 Å². The molecule has 0 radical (unpaired) electrons. The van der Waals surface area contributed by atoms with Crippen LogP contribution in [0.1, 0.15) is 10.9 Å². The van der Waals surface area contributed by atoms with Crippen LogP contribution in [-0.2, 0) is 0 Å². The Morgan fingerprint density at radius 2 is 1.04 bits per heavy atom. The molecule has 9 rings (SSSR count). The van der Waals surface area contributed by atoms with Gasteiger partial charge in [-0.1, -0.05) is 145 Å². The lowest BCUT2D eigenvalue weighted by atomic mass is 9.98. The Kier molecular flexibility index (Phi) is 6.50. The Labute approximate surface area is 272 Å². The molecule has 46 heavy (non-hydrogen) atoms. The maximum absolute atomic E-state index is 3.89. The molecule has 1 aliphatic rings. The lowest BCUT2D eigenvalue weighted by Gasteiger charge is -2.27. The van der Waals surface area contributed by atoms with Crippen LogP contribution in [0.4, 0.5) is 22.7 Å². The van der Waals surface area contributed by atoms with Gasteiger partial charge in [-0.3, -0.25) is 0 Å². The minimum absolute atomic E-state index is 0.183. The highest BCUT2D eigenvalue weighted by molar-refractivity contribution is 8.00. The molecule has 2 nitrogen and oxygen atoms in total. The van der Waals surface area contributed by atoms with Gasteiger partial charge in [0.25, 0.3) is 0 Å². The summed E-state index contributed by atoms with van der Waals surface area (Å²) in [5.41, 5.74) is 8.33. The minimum Gasteiger partial charge on any atom is -0.368 e. The number of rotatable bonds is 5. The van der Waals surface area contributed by atoms with Crippen molar-refractivity contribution >= 4 is 66.8 Å². The Morgan fingerprint density at radius 3 is 1.85 bits per heavy atom. The Bertz CT molecular complexity index is 2370. The minimum atomic E-state index is 0.183. The molecule has 1 unspecified atom stereocenters. The molecule has 0 amide bonds. The van der Waals surface area contributed by atoms with Crippen molar-refractivity contribution in [2.24, 2.45) is 0 Å². The van der Waals surface area contributed by atoms with Gasteiger partial charge in [0.1, 0.15) is 5.37 Å². The smallest absolute Gasteiger partial charge is 0.103 e. The van der Waals surface area contributed by atoms with Gasteiger partial charge in [0, 0.05) is 27.3 Å². The Hall–Kier alpha value is -5.51. The molecule has 0 aliphatic carbocycles. The predicted octanol–water partition coefficient (Wildman–Crippen LogP) is 12.5. The zero-order valence-corrected chi connectivity index (χ0v) is 25.9. The second-order valence-corrected chi connectivity index (χ2v) is 12.9. The van der Waals surface area contributed by atoms with Crippen molar-refractivity contribution < 1.29 is 0 Å². The molecular weight excluding hydrogens is 577 g/mol. The van der Waals surface area contributed by atoms with E-state index in [1.165, 1.54) is 59.6 Å². The zero-order chi connectivity index (χ0) is 30.5. The van der Waals surface area contributed by atoms with E-state index < -0.39 is 0 Å². The van der Waals surface area contributed by atoms with Gasteiger partial charge >= 0.3 is 0 Å². The third kappa shape index (κ3) is 4.60. The monoisotopic (exact) mass is 606 g/mol. The van der Waals surface area contributed by atoms with Crippen LogP contribution in [0.5, 0.6) is 0 Å². The molecule has 0 fully saturated rings. The van der Waals surface area contributed by atoms with Crippen LogP contribution in [0.3, 0.4) is 0 Å². The van der Waals surface area contributed by atoms with E-state index >= 15 is 0 Å². The van der Waals surface area contributed by atoms with Crippen LogP contribution < -0.4 is 10.2 Å². The summed E-state index contributed by atoms with van der Waals surface area (Å²) in [4.78, 5) is 3.71. The van der Waals surface area contributed by atoms with Crippen LogP contribution in [0.15, 0.2) is 175 Å². The fraction of sp³-hybridized carbons (Fsp3) is 0.0233. The van der Waals surface area contributed by atoms with Crippen molar-refractivity contribution in [3.63, 3.8) is 0 Å². The first-order chi connectivity index (χ1) is 22.8. The van der Waals surface area contributed by atoms with E-state index in [0.717, 1.165) is 17.1 Å². The molecule has 1 heterocycles. The van der Waals surface area contributed by atoms with E-state index in [1.54, 1.807) is 0 Å². The second kappa shape index (κ2) is 11.1. The fourth-order valence-corrected chi connectivity index (χ4v) is 8.10. The van der Waals surface area contributed by atoms with Gasteiger partial charge in [0.15, 0.2) is 0 Å². The van der Waals surface area contributed by atoms with E-state index in [-0.39, 0.29) is 5.37 Å². The molecule has 0 spiro atoms. The highest BCUT2D eigenvalue weighted by Crippen LogP contribution is 2.54. The lowest BCUT2D eigenvalue weighted by Crippen LogP contribution is -2.10. The number of fused-ring (bicyclic) bond motifs is 7. The number of hydrogen-bond acceptors (Lipinski definition) is 3. The average Bonchev–Trinajstić information content (AvgIpc) is 3.59. The third-order valence-corrected chi connectivity index (χ3v) is 10.3. The summed E-state index contributed by atoms with van der Waals surface area (Å²) < 4.78 is 0. The van der Waals surface area contributed by atoms with Crippen molar-refractivity contribution in [1.82, 2.24) is 0 Å². The first-order valence-electron chi connectivity index (χ1n) is 15.7. The molecule has 1 atom stereocenters. The van der Waals surface area contributed by atoms with Crippen molar-refractivity contribution in [2.75, 3.05) is 10.2 Å². The van der Waals surface area contributed by atoms with Gasteiger partial charge in [-0.25, -0.2) is 0 Å². The summed E-state index contributed by atoms with van der Waals surface area (Å²) in [6, 6.07) is 61.4. The first-order valence-corrected chi connectivity index (χ1v) is 16.6. The largest absolute Gasteiger partial charge is 0.368 e. The molecule has 1 N–H and O–H groups in total. The molecule has 8 aromatic rings. The van der Waals surface area contributed by atoms with Crippen LogP contribution in [-0.4, -0.2) is 0 Å². The Balaban J connectivity index is 1.22. The maximum atomic E-state index is 3.89. The molecule has 0 saturated carbocycles. The number of benzene rings is 8. The van der Waals surface area contributed by atoms with E-state index in [4.69, 9.17) is 0 Å². The fourth-order valence-electron chi connectivity index (χ4n) is 6.81. The normalized spacial score (nSPS) is 14.0. The molecule has 218 valence electrons. The van der Waals surface area contributed by atoms with Crippen molar-refractivity contribution in [1.29, 1.82) is 0 Å². The third-order valence-electron chi connectivity index (χ3n) is 9.06. The predicted molar refractivity (Wildman–Crippen MR) is 198 cm³/mol. The summed E-state index contributed by atoms with van der Waals surface area (Å²) in [6.07, 6.45) is 0. The van der Waals surface area contributed by atoms with Crippen LogP contribution in [0.2, 0.25) is 0 Å². The van der Waals surface area contributed by atoms with Crippen molar-refractivity contribution in [3.05, 3.63) is 175 Å². The standard InChI is InChI=1S/C43H30N2S/c1-3-11-29(12-4-1)31-19-22-34(23-20-31)45(35-24-21-30-13-7-8-16-33(30)27-35)36-25-26-38-40(28-36)37-17-9-10-18-39(37)42-41(38)44-43(46-42)32-14-5-2-6-15-32/h1-28,43-44H. The number of hydrogen-bond donors (Lipinski definition) is 1. The molecular formula is C43H30N2S. The van der Waals surface area contributed by atoms with E-state index in [9.17, 15) is 0 Å². The number of nitrogens with one attached hydrogen (secondary N) is 1. The number of nitrogens with zero attached hydrogens (tertiary/aromatic N) is 1. The quantitative estimate of drug-likeness (QED) is 0.196. The van der Waals surface area contributed by atoms with Gasteiger partial charge in [-0.15, -0.1) is 0 Å². The molecule has 1 aliphatic heterocycles. The molecule has 0 saturated heterocycles. The molecule has 0 aromatic heterocycles. The van der Waals surface area contributed by atoms with E-state index in [1.807, 2.05) is 11.8 Å². The molecule has 0 bridgehead atoms. The molecule has 3 heteroatoms. The highest BCUT2D eigenvalue weighted by atomic mass is 32.2. The van der Waals surface area contributed by atoms with Gasteiger partial charge in [0.2, 0.25) is 0 Å². The average molecular weight is 607 g/mol. The summed E-state index contributed by atoms with van der Waals surface area (Å²) in [7, 11) is 0. The summed E-state index contributed by atoms with van der Waals surface area (Å²) in [5, 5.41) is 11.6. The Morgan fingerprint density at radius 1 is 0.435 bits per heavy atom.